The highest BCUT2D eigenvalue weighted by molar-refractivity contribution is 5.93. The van der Waals surface area contributed by atoms with Crippen LogP contribution in [0.25, 0.3) is 0 Å². The highest BCUT2D eigenvalue weighted by Crippen LogP contribution is 2.08. The van der Waals surface area contributed by atoms with Crippen LogP contribution >= 0.6 is 12.4 Å². The summed E-state index contributed by atoms with van der Waals surface area (Å²) < 4.78 is 10.2. The molecule has 0 aliphatic rings. The van der Waals surface area contributed by atoms with Gasteiger partial charge >= 0.3 is 0 Å². The first-order valence-electron chi connectivity index (χ1n) is 6.35. The van der Waals surface area contributed by atoms with Crippen molar-refractivity contribution in [2.45, 2.75) is 19.7 Å². The quantitative estimate of drug-likeness (QED) is 0.857. The van der Waals surface area contributed by atoms with Gasteiger partial charge < -0.3 is 20.2 Å². The molecule has 2 aromatic rings. The summed E-state index contributed by atoms with van der Waals surface area (Å²) in [6.07, 6.45) is 1.42. The van der Waals surface area contributed by atoms with Gasteiger partial charge in [0, 0.05) is 13.7 Å². The molecule has 0 aliphatic heterocycles. The lowest BCUT2D eigenvalue weighted by Gasteiger charge is -2.05. The van der Waals surface area contributed by atoms with E-state index in [1.54, 1.807) is 13.2 Å². The number of hydrogen-bond acceptors (Lipinski definition) is 4. The molecule has 0 atom stereocenters. The molecule has 0 unspecified atom stereocenters. The van der Waals surface area contributed by atoms with Gasteiger partial charge in [-0.2, -0.15) is 0 Å². The van der Waals surface area contributed by atoms with Crippen molar-refractivity contribution < 1.29 is 13.9 Å². The van der Waals surface area contributed by atoms with Gasteiger partial charge in [0.25, 0.3) is 5.91 Å². The molecule has 21 heavy (non-hydrogen) atoms. The van der Waals surface area contributed by atoms with Gasteiger partial charge in [0.2, 0.25) is 0 Å². The van der Waals surface area contributed by atoms with Gasteiger partial charge in [-0.25, -0.2) is 0 Å². The topological polar surface area (TPSA) is 77.5 Å². The van der Waals surface area contributed by atoms with Crippen molar-refractivity contribution in [1.29, 1.82) is 0 Å². The number of carbonyl (C=O) groups excluding carboxylic acids is 1. The Morgan fingerprint density at radius 1 is 1.29 bits per heavy atom. The SMILES string of the molecule is COCc1ccc(CNC(=O)c2coc(CN)c2)cc1.Cl. The predicted octanol–water partition coefficient (Wildman–Crippen LogP) is 2.24. The number of furan rings is 1. The second kappa shape index (κ2) is 8.46. The fourth-order valence-electron chi connectivity index (χ4n) is 1.81. The molecule has 2 rings (SSSR count). The van der Waals surface area contributed by atoms with E-state index in [9.17, 15) is 4.79 Å². The van der Waals surface area contributed by atoms with E-state index in [-0.39, 0.29) is 24.9 Å². The summed E-state index contributed by atoms with van der Waals surface area (Å²) in [7, 11) is 1.66. The minimum atomic E-state index is -0.172. The molecule has 1 heterocycles. The van der Waals surface area contributed by atoms with Crippen LogP contribution in [0.1, 0.15) is 27.2 Å². The average molecular weight is 311 g/mol. The molecule has 5 nitrogen and oxygen atoms in total. The molecule has 0 radical (unpaired) electrons. The van der Waals surface area contributed by atoms with Crippen molar-refractivity contribution in [3.8, 4) is 0 Å². The molecule has 0 saturated carbocycles. The van der Waals surface area contributed by atoms with Crippen LogP contribution in [-0.4, -0.2) is 13.0 Å². The van der Waals surface area contributed by atoms with Gasteiger partial charge in [0.1, 0.15) is 12.0 Å². The molecule has 6 heteroatoms. The van der Waals surface area contributed by atoms with E-state index in [0.717, 1.165) is 11.1 Å². The smallest absolute Gasteiger partial charge is 0.254 e. The second-order valence-corrected chi connectivity index (χ2v) is 4.44. The summed E-state index contributed by atoms with van der Waals surface area (Å²) in [6, 6.07) is 9.55. The Bertz CT molecular complexity index is 567. The Morgan fingerprint density at radius 3 is 2.52 bits per heavy atom. The summed E-state index contributed by atoms with van der Waals surface area (Å²) in [5, 5.41) is 2.83. The molecule has 0 saturated heterocycles. The fraction of sp³-hybridized carbons (Fsp3) is 0.267. The largest absolute Gasteiger partial charge is 0.467 e. The summed E-state index contributed by atoms with van der Waals surface area (Å²) in [6.45, 7) is 1.34. The lowest BCUT2D eigenvalue weighted by atomic mass is 10.1. The van der Waals surface area contributed by atoms with Crippen LogP contribution in [0.3, 0.4) is 0 Å². The summed E-state index contributed by atoms with van der Waals surface area (Å²) in [4.78, 5) is 11.9. The van der Waals surface area contributed by atoms with Crippen LogP contribution < -0.4 is 11.1 Å². The lowest BCUT2D eigenvalue weighted by molar-refractivity contribution is 0.0950. The molecule has 0 fully saturated rings. The van der Waals surface area contributed by atoms with Crippen LogP contribution in [0.5, 0.6) is 0 Å². The van der Waals surface area contributed by atoms with Crippen LogP contribution in [0, 0.1) is 0 Å². The first-order chi connectivity index (χ1) is 9.72. The number of carbonyl (C=O) groups is 1. The number of rotatable bonds is 6. The van der Waals surface area contributed by atoms with Crippen molar-refractivity contribution >= 4 is 18.3 Å². The molecule has 3 N–H and O–H groups in total. The number of methoxy groups -OCH3 is 1. The minimum absolute atomic E-state index is 0. The third kappa shape index (κ3) is 4.90. The van der Waals surface area contributed by atoms with Crippen LogP contribution in [0.2, 0.25) is 0 Å². The molecule has 0 aliphatic carbocycles. The summed E-state index contributed by atoms with van der Waals surface area (Å²) in [5.41, 5.74) is 8.05. The average Bonchev–Trinajstić information content (AvgIpc) is 2.95. The zero-order valence-electron chi connectivity index (χ0n) is 11.8. The van der Waals surface area contributed by atoms with Crippen molar-refractivity contribution in [1.82, 2.24) is 5.32 Å². The first kappa shape index (κ1) is 17.2. The van der Waals surface area contributed by atoms with E-state index in [1.807, 2.05) is 24.3 Å². The Balaban J connectivity index is 0.00000220. The number of nitrogens with one attached hydrogen (secondary N) is 1. The minimum Gasteiger partial charge on any atom is -0.467 e. The second-order valence-electron chi connectivity index (χ2n) is 4.44. The maximum atomic E-state index is 11.9. The standard InChI is InChI=1S/C15H18N2O3.ClH/c1-19-9-12-4-2-11(3-5-12)8-17-15(18)13-6-14(7-16)20-10-13;/h2-6,10H,7-9,16H2,1H3,(H,17,18);1H. The van der Waals surface area contributed by atoms with E-state index < -0.39 is 0 Å². The molecule has 0 spiro atoms. The first-order valence-corrected chi connectivity index (χ1v) is 6.35. The van der Waals surface area contributed by atoms with Gasteiger partial charge in [0.15, 0.2) is 0 Å². The molecule has 1 aromatic heterocycles. The molecular weight excluding hydrogens is 292 g/mol. The zero-order valence-corrected chi connectivity index (χ0v) is 12.6. The highest BCUT2D eigenvalue weighted by atomic mass is 35.5. The van der Waals surface area contributed by atoms with Crippen LogP contribution in [0.15, 0.2) is 41.0 Å². The van der Waals surface area contributed by atoms with E-state index in [2.05, 4.69) is 5.32 Å². The zero-order chi connectivity index (χ0) is 14.4. The Labute approximate surface area is 129 Å². The monoisotopic (exact) mass is 310 g/mol. The predicted molar refractivity (Wildman–Crippen MR) is 82.2 cm³/mol. The maximum absolute atomic E-state index is 11.9. The Hall–Kier alpha value is -1.82. The molecule has 0 bridgehead atoms. The van der Waals surface area contributed by atoms with Gasteiger partial charge in [-0.3, -0.25) is 4.79 Å². The van der Waals surface area contributed by atoms with Gasteiger partial charge in [-0.15, -0.1) is 12.4 Å². The van der Waals surface area contributed by atoms with E-state index in [4.69, 9.17) is 14.9 Å². The number of ether oxygens (including phenoxy) is 1. The maximum Gasteiger partial charge on any atom is 0.254 e. The van der Waals surface area contributed by atoms with Gasteiger partial charge in [-0.1, -0.05) is 24.3 Å². The number of nitrogens with two attached hydrogens (primary N) is 1. The molecule has 1 amide bonds. The van der Waals surface area contributed by atoms with Crippen molar-refractivity contribution in [3.05, 3.63) is 59.0 Å². The third-order valence-corrected chi connectivity index (χ3v) is 2.90. The molecule has 1 aromatic carbocycles. The lowest BCUT2D eigenvalue weighted by Crippen LogP contribution is -2.22. The number of hydrogen-bond donors (Lipinski definition) is 2. The number of benzene rings is 1. The Kier molecular flexibility index (Phi) is 6.94. The summed E-state index contributed by atoms with van der Waals surface area (Å²) >= 11 is 0. The van der Waals surface area contributed by atoms with Crippen molar-refractivity contribution in [2.75, 3.05) is 7.11 Å². The van der Waals surface area contributed by atoms with Crippen LogP contribution in [-0.2, 0) is 24.4 Å². The highest BCUT2D eigenvalue weighted by Gasteiger charge is 2.09. The van der Waals surface area contributed by atoms with E-state index in [1.165, 1.54) is 6.26 Å². The molecular formula is C15H19ClN2O3. The normalized spacial score (nSPS) is 10.0. The summed E-state index contributed by atoms with van der Waals surface area (Å²) in [5.74, 6) is 0.425. The fourth-order valence-corrected chi connectivity index (χ4v) is 1.81. The van der Waals surface area contributed by atoms with Gasteiger partial charge in [0.05, 0.1) is 18.7 Å². The number of halogens is 1. The van der Waals surface area contributed by atoms with E-state index in [0.29, 0.717) is 24.5 Å². The van der Waals surface area contributed by atoms with Crippen molar-refractivity contribution in [3.63, 3.8) is 0 Å². The van der Waals surface area contributed by atoms with Crippen molar-refractivity contribution in [2.24, 2.45) is 5.73 Å². The Morgan fingerprint density at radius 2 is 1.95 bits per heavy atom. The number of amides is 1. The van der Waals surface area contributed by atoms with Crippen LogP contribution in [0.4, 0.5) is 0 Å². The third-order valence-electron chi connectivity index (χ3n) is 2.90. The molecule has 114 valence electrons. The van der Waals surface area contributed by atoms with E-state index >= 15 is 0 Å². The van der Waals surface area contributed by atoms with Gasteiger partial charge in [-0.05, 0) is 17.2 Å².